The van der Waals surface area contributed by atoms with E-state index in [-0.39, 0.29) is 4.87 Å². The maximum Gasteiger partial charge on any atom is 0.0461 e. The Labute approximate surface area is 118 Å². The number of alkyl halides is 1. The van der Waals surface area contributed by atoms with Crippen LogP contribution in [0.15, 0.2) is 48.6 Å². The lowest BCUT2D eigenvalue weighted by Gasteiger charge is -2.23. The van der Waals surface area contributed by atoms with Crippen molar-refractivity contribution in [1.82, 2.24) is 0 Å². The standard InChI is InChI=1S/C17H27Cl/c1-6-9-11-12-16(8-3)15(4)14-17(5,18)13-10-7-2/h7-8,11-12H,2,4,6,9-10,13-14H2,1,3,5H3/b12-11-,16-8+. The zero-order chi connectivity index (χ0) is 14.0. The molecule has 0 rings (SSSR count). The molecule has 0 radical (unpaired) electrons. The smallest absolute Gasteiger partial charge is 0.0461 e. The third kappa shape index (κ3) is 7.55. The van der Waals surface area contributed by atoms with Crippen LogP contribution in [0.3, 0.4) is 0 Å². The highest BCUT2D eigenvalue weighted by atomic mass is 35.5. The summed E-state index contributed by atoms with van der Waals surface area (Å²) < 4.78 is 0. The van der Waals surface area contributed by atoms with Crippen LogP contribution in [0.25, 0.3) is 0 Å². The molecule has 0 fully saturated rings. The second-order valence-electron chi connectivity index (χ2n) is 4.96. The molecular weight excluding hydrogens is 240 g/mol. The van der Waals surface area contributed by atoms with Crippen LogP contribution in [0, 0.1) is 0 Å². The van der Waals surface area contributed by atoms with E-state index in [0.29, 0.717) is 0 Å². The normalized spacial score (nSPS) is 15.7. The monoisotopic (exact) mass is 266 g/mol. The number of hydrogen-bond donors (Lipinski definition) is 0. The van der Waals surface area contributed by atoms with E-state index in [1.165, 1.54) is 12.0 Å². The largest absolute Gasteiger partial charge is 0.119 e. The van der Waals surface area contributed by atoms with E-state index in [1.54, 1.807) is 0 Å². The molecule has 0 saturated carbocycles. The summed E-state index contributed by atoms with van der Waals surface area (Å²) in [6, 6.07) is 0. The SMILES string of the molecule is C=CCCC(C)(Cl)CC(=C)C(/C=C\CCC)=C/C. The lowest BCUT2D eigenvalue weighted by Crippen LogP contribution is -2.17. The number of halogens is 1. The van der Waals surface area contributed by atoms with Crippen LogP contribution in [0.2, 0.25) is 0 Å². The average molecular weight is 267 g/mol. The van der Waals surface area contributed by atoms with Crippen molar-refractivity contribution in [3.05, 3.63) is 48.6 Å². The van der Waals surface area contributed by atoms with Gasteiger partial charge in [0.25, 0.3) is 0 Å². The van der Waals surface area contributed by atoms with Crippen LogP contribution < -0.4 is 0 Å². The molecule has 0 aliphatic rings. The Kier molecular flexibility index (Phi) is 8.83. The average Bonchev–Trinajstić information content (AvgIpc) is 2.31. The molecule has 0 N–H and O–H groups in total. The molecule has 0 nitrogen and oxygen atoms in total. The molecule has 0 aromatic rings. The summed E-state index contributed by atoms with van der Waals surface area (Å²) in [6.07, 6.45) is 13.4. The summed E-state index contributed by atoms with van der Waals surface area (Å²) >= 11 is 6.51. The van der Waals surface area contributed by atoms with Gasteiger partial charge in [0.2, 0.25) is 0 Å². The lowest BCUT2D eigenvalue weighted by atomic mass is 9.92. The quantitative estimate of drug-likeness (QED) is 0.265. The van der Waals surface area contributed by atoms with E-state index < -0.39 is 0 Å². The summed E-state index contributed by atoms with van der Waals surface area (Å²) in [6.45, 7) is 14.2. The molecule has 0 spiro atoms. The fraction of sp³-hybridized carbons (Fsp3) is 0.529. The van der Waals surface area contributed by atoms with Crippen LogP contribution in [0.5, 0.6) is 0 Å². The Bertz CT molecular complexity index is 319. The molecule has 0 bridgehead atoms. The summed E-state index contributed by atoms with van der Waals surface area (Å²) in [4.78, 5) is -0.224. The minimum atomic E-state index is -0.224. The number of hydrogen-bond acceptors (Lipinski definition) is 0. The van der Waals surface area contributed by atoms with Crippen molar-refractivity contribution in [2.45, 2.75) is 57.7 Å². The van der Waals surface area contributed by atoms with Crippen molar-refractivity contribution in [3.8, 4) is 0 Å². The molecule has 0 aromatic heterocycles. The Morgan fingerprint density at radius 3 is 2.50 bits per heavy atom. The molecule has 0 aliphatic heterocycles. The molecule has 0 heterocycles. The van der Waals surface area contributed by atoms with Crippen molar-refractivity contribution in [1.29, 1.82) is 0 Å². The number of unbranched alkanes of at least 4 members (excludes halogenated alkanes) is 1. The summed E-state index contributed by atoms with van der Waals surface area (Å²) in [5.74, 6) is 0. The highest BCUT2D eigenvalue weighted by Crippen LogP contribution is 2.31. The summed E-state index contributed by atoms with van der Waals surface area (Å²) in [5, 5.41) is 0. The van der Waals surface area contributed by atoms with Gasteiger partial charge in [-0.25, -0.2) is 0 Å². The van der Waals surface area contributed by atoms with Crippen LogP contribution in [-0.2, 0) is 0 Å². The maximum absolute atomic E-state index is 6.51. The Balaban J connectivity index is 4.48. The predicted octanol–water partition coefficient (Wildman–Crippen LogP) is 6.20. The van der Waals surface area contributed by atoms with Crippen molar-refractivity contribution in [3.63, 3.8) is 0 Å². The maximum atomic E-state index is 6.51. The topological polar surface area (TPSA) is 0 Å². The summed E-state index contributed by atoms with van der Waals surface area (Å²) in [5.41, 5.74) is 2.32. The van der Waals surface area contributed by atoms with Crippen LogP contribution in [0.4, 0.5) is 0 Å². The van der Waals surface area contributed by atoms with E-state index in [9.17, 15) is 0 Å². The van der Waals surface area contributed by atoms with Crippen LogP contribution in [-0.4, -0.2) is 4.87 Å². The first-order valence-electron chi connectivity index (χ1n) is 6.77. The molecule has 0 amide bonds. The Morgan fingerprint density at radius 1 is 1.33 bits per heavy atom. The molecular formula is C17H27Cl. The Hall–Kier alpha value is -0.750. The molecule has 18 heavy (non-hydrogen) atoms. The zero-order valence-electron chi connectivity index (χ0n) is 12.1. The molecule has 0 aromatic carbocycles. The lowest BCUT2D eigenvalue weighted by molar-refractivity contribution is 0.579. The van der Waals surface area contributed by atoms with Crippen molar-refractivity contribution < 1.29 is 0 Å². The fourth-order valence-electron chi connectivity index (χ4n) is 1.83. The minimum absolute atomic E-state index is 0.224. The Morgan fingerprint density at radius 2 is 2.00 bits per heavy atom. The van der Waals surface area contributed by atoms with Gasteiger partial charge in [-0.3, -0.25) is 0 Å². The van der Waals surface area contributed by atoms with E-state index in [4.69, 9.17) is 11.6 Å². The molecule has 1 heteroatoms. The van der Waals surface area contributed by atoms with Gasteiger partial charge in [0.1, 0.15) is 0 Å². The van der Waals surface area contributed by atoms with Crippen molar-refractivity contribution in [2.75, 3.05) is 0 Å². The minimum Gasteiger partial charge on any atom is -0.119 e. The van der Waals surface area contributed by atoms with E-state index in [0.717, 1.165) is 31.3 Å². The highest BCUT2D eigenvalue weighted by molar-refractivity contribution is 6.23. The first-order valence-corrected chi connectivity index (χ1v) is 7.15. The third-order valence-corrected chi connectivity index (χ3v) is 3.25. The van der Waals surface area contributed by atoms with E-state index in [1.807, 2.05) is 13.0 Å². The van der Waals surface area contributed by atoms with Gasteiger partial charge in [-0.15, -0.1) is 18.2 Å². The number of rotatable bonds is 9. The van der Waals surface area contributed by atoms with Gasteiger partial charge in [0, 0.05) is 4.87 Å². The zero-order valence-corrected chi connectivity index (χ0v) is 12.9. The van der Waals surface area contributed by atoms with Gasteiger partial charge in [-0.05, 0) is 50.7 Å². The van der Waals surface area contributed by atoms with Crippen LogP contribution in [0.1, 0.15) is 52.9 Å². The van der Waals surface area contributed by atoms with Gasteiger partial charge in [0.05, 0.1) is 0 Å². The number of allylic oxidation sites excluding steroid dienone is 6. The molecule has 102 valence electrons. The molecule has 0 aliphatic carbocycles. The second kappa shape index (κ2) is 9.22. The fourth-order valence-corrected chi connectivity index (χ4v) is 2.10. The highest BCUT2D eigenvalue weighted by Gasteiger charge is 2.21. The first kappa shape index (κ1) is 17.2. The molecule has 1 unspecified atom stereocenters. The van der Waals surface area contributed by atoms with E-state index in [2.05, 4.69) is 45.2 Å². The van der Waals surface area contributed by atoms with Crippen LogP contribution >= 0.6 is 11.6 Å². The first-order chi connectivity index (χ1) is 8.46. The van der Waals surface area contributed by atoms with Gasteiger partial charge < -0.3 is 0 Å². The molecule has 0 saturated heterocycles. The van der Waals surface area contributed by atoms with Gasteiger partial charge in [-0.2, -0.15) is 0 Å². The summed E-state index contributed by atoms with van der Waals surface area (Å²) in [7, 11) is 0. The molecule has 1 atom stereocenters. The van der Waals surface area contributed by atoms with Gasteiger partial charge >= 0.3 is 0 Å². The predicted molar refractivity (Wildman–Crippen MR) is 85.3 cm³/mol. The van der Waals surface area contributed by atoms with Crippen molar-refractivity contribution in [2.24, 2.45) is 0 Å². The third-order valence-electron chi connectivity index (χ3n) is 2.92. The van der Waals surface area contributed by atoms with Crippen molar-refractivity contribution >= 4 is 11.6 Å². The van der Waals surface area contributed by atoms with E-state index >= 15 is 0 Å². The van der Waals surface area contributed by atoms with Gasteiger partial charge in [0.15, 0.2) is 0 Å². The second-order valence-corrected chi connectivity index (χ2v) is 5.87. The van der Waals surface area contributed by atoms with Gasteiger partial charge in [-0.1, -0.05) is 44.2 Å².